The standard InChI is InChI=1S/C15H17N3O4S/c1-9(19)7-16-14(21)12-8-23-15(17-12)18-13(20)10-3-5-11(22-2)6-4-10/h3-6,8-9,19H,7H2,1-2H3,(H,16,21)(H,17,18,20). The fourth-order valence-corrected chi connectivity index (χ4v) is 2.36. The molecule has 2 rings (SSSR count). The highest BCUT2D eigenvalue weighted by Gasteiger charge is 2.13. The summed E-state index contributed by atoms with van der Waals surface area (Å²) in [5, 5.41) is 16.2. The lowest BCUT2D eigenvalue weighted by Crippen LogP contribution is -2.30. The summed E-state index contributed by atoms with van der Waals surface area (Å²) in [4.78, 5) is 27.9. The summed E-state index contributed by atoms with van der Waals surface area (Å²) >= 11 is 1.15. The second kappa shape index (κ2) is 7.70. The number of nitrogens with one attached hydrogen (secondary N) is 2. The van der Waals surface area contributed by atoms with Gasteiger partial charge in [-0.15, -0.1) is 11.3 Å². The molecule has 0 aliphatic carbocycles. The number of thiazole rings is 1. The van der Waals surface area contributed by atoms with Gasteiger partial charge in [0.05, 0.1) is 13.2 Å². The number of ether oxygens (including phenoxy) is 1. The molecule has 0 radical (unpaired) electrons. The number of hydrogen-bond donors (Lipinski definition) is 3. The fraction of sp³-hybridized carbons (Fsp3) is 0.267. The molecule has 2 aromatic rings. The first-order valence-corrected chi connectivity index (χ1v) is 7.74. The molecule has 0 aliphatic rings. The third kappa shape index (κ3) is 4.76. The molecule has 0 fully saturated rings. The highest BCUT2D eigenvalue weighted by Crippen LogP contribution is 2.17. The maximum Gasteiger partial charge on any atom is 0.270 e. The topological polar surface area (TPSA) is 101 Å². The molecule has 1 heterocycles. The number of amides is 2. The number of carbonyl (C=O) groups excluding carboxylic acids is 2. The van der Waals surface area contributed by atoms with Gasteiger partial charge < -0.3 is 15.2 Å². The van der Waals surface area contributed by atoms with Gasteiger partial charge >= 0.3 is 0 Å². The molecule has 0 bridgehead atoms. The third-order valence-corrected chi connectivity index (χ3v) is 3.63. The molecule has 1 aromatic heterocycles. The van der Waals surface area contributed by atoms with Crippen LogP contribution in [0, 0.1) is 0 Å². The average molecular weight is 335 g/mol. The summed E-state index contributed by atoms with van der Waals surface area (Å²) in [6, 6.07) is 6.65. The summed E-state index contributed by atoms with van der Waals surface area (Å²) in [5.74, 6) is -0.0575. The fourth-order valence-electron chi connectivity index (χ4n) is 1.68. The third-order valence-electron chi connectivity index (χ3n) is 2.87. The number of aliphatic hydroxyl groups excluding tert-OH is 1. The molecule has 1 unspecified atom stereocenters. The van der Waals surface area contributed by atoms with Gasteiger partial charge in [-0.3, -0.25) is 14.9 Å². The van der Waals surface area contributed by atoms with Crippen LogP contribution in [0.3, 0.4) is 0 Å². The molecule has 1 aromatic carbocycles. The van der Waals surface area contributed by atoms with Gasteiger partial charge in [0.2, 0.25) is 0 Å². The van der Waals surface area contributed by atoms with E-state index in [0.717, 1.165) is 11.3 Å². The normalized spacial score (nSPS) is 11.6. The van der Waals surface area contributed by atoms with Crippen LogP contribution >= 0.6 is 11.3 Å². The molecule has 0 saturated heterocycles. The smallest absolute Gasteiger partial charge is 0.270 e. The number of methoxy groups -OCH3 is 1. The van der Waals surface area contributed by atoms with Crippen molar-refractivity contribution in [3.63, 3.8) is 0 Å². The van der Waals surface area contributed by atoms with Crippen LogP contribution in [0.25, 0.3) is 0 Å². The maximum atomic E-state index is 12.1. The lowest BCUT2D eigenvalue weighted by Gasteiger charge is -2.05. The Morgan fingerprint density at radius 2 is 2.00 bits per heavy atom. The highest BCUT2D eigenvalue weighted by molar-refractivity contribution is 7.14. The second-order valence-corrected chi connectivity index (χ2v) is 5.64. The quantitative estimate of drug-likeness (QED) is 0.743. The number of aromatic nitrogens is 1. The van der Waals surface area contributed by atoms with Crippen LogP contribution in [0.4, 0.5) is 5.13 Å². The van der Waals surface area contributed by atoms with E-state index in [0.29, 0.717) is 16.4 Å². The minimum Gasteiger partial charge on any atom is -0.497 e. The van der Waals surface area contributed by atoms with E-state index in [1.54, 1.807) is 43.7 Å². The van der Waals surface area contributed by atoms with Crippen molar-refractivity contribution in [3.05, 3.63) is 40.9 Å². The lowest BCUT2D eigenvalue weighted by atomic mass is 10.2. The summed E-state index contributed by atoms with van der Waals surface area (Å²) in [6.45, 7) is 1.71. The van der Waals surface area contributed by atoms with Crippen molar-refractivity contribution in [1.82, 2.24) is 10.3 Å². The van der Waals surface area contributed by atoms with E-state index in [2.05, 4.69) is 15.6 Å². The summed E-state index contributed by atoms with van der Waals surface area (Å²) in [5.41, 5.74) is 0.654. The molecule has 2 amide bonds. The Bertz CT molecular complexity index is 682. The monoisotopic (exact) mass is 335 g/mol. The molecular formula is C15H17N3O4S. The van der Waals surface area contributed by atoms with Crippen LogP contribution in [0.15, 0.2) is 29.6 Å². The predicted molar refractivity (Wildman–Crippen MR) is 87.1 cm³/mol. The Balaban J connectivity index is 1.97. The summed E-state index contributed by atoms with van der Waals surface area (Å²) in [6.07, 6.45) is -0.633. The number of nitrogens with zero attached hydrogens (tertiary/aromatic N) is 1. The van der Waals surface area contributed by atoms with Crippen LogP contribution < -0.4 is 15.4 Å². The zero-order chi connectivity index (χ0) is 16.8. The number of aliphatic hydroxyl groups is 1. The Hall–Kier alpha value is -2.45. The zero-order valence-corrected chi connectivity index (χ0v) is 13.5. The van der Waals surface area contributed by atoms with E-state index in [1.165, 1.54) is 0 Å². The van der Waals surface area contributed by atoms with Crippen LogP contribution in [0.2, 0.25) is 0 Å². The van der Waals surface area contributed by atoms with Gasteiger partial charge in [0, 0.05) is 17.5 Å². The number of rotatable bonds is 6. The van der Waals surface area contributed by atoms with Crippen LogP contribution in [-0.4, -0.2) is 41.7 Å². The van der Waals surface area contributed by atoms with Crippen molar-refractivity contribution >= 4 is 28.3 Å². The summed E-state index contributed by atoms with van der Waals surface area (Å²) < 4.78 is 5.03. The van der Waals surface area contributed by atoms with E-state index in [4.69, 9.17) is 9.84 Å². The Morgan fingerprint density at radius 3 is 2.61 bits per heavy atom. The molecule has 0 spiro atoms. The largest absolute Gasteiger partial charge is 0.497 e. The van der Waals surface area contributed by atoms with Gasteiger partial charge in [0.25, 0.3) is 11.8 Å². The zero-order valence-electron chi connectivity index (χ0n) is 12.7. The van der Waals surface area contributed by atoms with Crippen LogP contribution in [-0.2, 0) is 0 Å². The van der Waals surface area contributed by atoms with Crippen molar-refractivity contribution in [1.29, 1.82) is 0 Å². The van der Waals surface area contributed by atoms with Crippen LogP contribution in [0.5, 0.6) is 5.75 Å². The molecule has 0 aliphatic heterocycles. The van der Waals surface area contributed by atoms with Gasteiger partial charge in [-0.05, 0) is 31.2 Å². The molecule has 3 N–H and O–H groups in total. The van der Waals surface area contributed by atoms with Gasteiger partial charge in [0.15, 0.2) is 5.13 Å². The van der Waals surface area contributed by atoms with Gasteiger partial charge in [-0.25, -0.2) is 4.98 Å². The SMILES string of the molecule is COc1ccc(C(=O)Nc2nc(C(=O)NCC(C)O)cs2)cc1. The number of hydrogen-bond acceptors (Lipinski definition) is 6. The molecule has 122 valence electrons. The minimum atomic E-state index is -0.633. The Morgan fingerprint density at radius 1 is 1.30 bits per heavy atom. The lowest BCUT2D eigenvalue weighted by molar-refractivity contribution is 0.0919. The highest BCUT2D eigenvalue weighted by atomic mass is 32.1. The first-order chi connectivity index (χ1) is 11.0. The molecule has 7 nitrogen and oxygen atoms in total. The molecule has 1 atom stereocenters. The molecule has 23 heavy (non-hydrogen) atoms. The Labute approximate surface area is 137 Å². The van der Waals surface area contributed by atoms with E-state index in [-0.39, 0.29) is 18.1 Å². The van der Waals surface area contributed by atoms with E-state index in [1.807, 2.05) is 0 Å². The van der Waals surface area contributed by atoms with Gasteiger partial charge in [0.1, 0.15) is 11.4 Å². The van der Waals surface area contributed by atoms with E-state index < -0.39 is 12.0 Å². The van der Waals surface area contributed by atoms with Crippen molar-refractivity contribution in [2.45, 2.75) is 13.0 Å². The molecule has 0 saturated carbocycles. The molecular weight excluding hydrogens is 318 g/mol. The number of anilines is 1. The van der Waals surface area contributed by atoms with E-state index >= 15 is 0 Å². The number of carbonyl (C=O) groups is 2. The van der Waals surface area contributed by atoms with Crippen molar-refractivity contribution in [2.24, 2.45) is 0 Å². The summed E-state index contributed by atoms with van der Waals surface area (Å²) in [7, 11) is 1.55. The maximum absolute atomic E-state index is 12.1. The van der Waals surface area contributed by atoms with E-state index in [9.17, 15) is 9.59 Å². The first-order valence-electron chi connectivity index (χ1n) is 6.87. The Kier molecular flexibility index (Phi) is 5.67. The number of benzene rings is 1. The minimum absolute atomic E-state index is 0.143. The van der Waals surface area contributed by atoms with Crippen molar-refractivity contribution in [2.75, 3.05) is 19.0 Å². The van der Waals surface area contributed by atoms with Crippen molar-refractivity contribution < 1.29 is 19.4 Å². The average Bonchev–Trinajstić information content (AvgIpc) is 3.01. The molecule has 8 heteroatoms. The van der Waals surface area contributed by atoms with Gasteiger partial charge in [-0.1, -0.05) is 0 Å². The predicted octanol–water partition coefficient (Wildman–Crippen LogP) is 1.51. The van der Waals surface area contributed by atoms with Crippen LogP contribution in [0.1, 0.15) is 27.8 Å². The van der Waals surface area contributed by atoms with Crippen molar-refractivity contribution in [3.8, 4) is 5.75 Å². The second-order valence-electron chi connectivity index (χ2n) is 4.78. The first kappa shape index (κ1) is 16.9. The van der Waals surface area contributed by atoms with Gasteiger partial charge in [-0.2, -0.15) is 0 Å².